The largest absolute Gasteiger partial charge is 0.288 e. The zero-order valence-corrected chi connectivity index (χ0v) is 17.1. The Hall–Kier alpha value is -2.68. The van der Waals surface area contributed by atoms with Crippen molar-refractivity contribution in [3.8, 4) is 11.1 Å². The van der Waals surface area contributed by atoms with Gasteiger partial charge >= 0.3 is 0 Å². The van der Waals surface area contributed by atoms with Gasteiger partial charge < -0.3 is 0 Å². The van der Waals surface area contributed by atoms with Crippen LogP contribution >= 0.6 is 0 Å². The molecule has 0 N–H and O–H groups in total. The molecule has 0 bridgehead atoms. The molecule has 0 atom stereocenters. The molecule has 3 heteroatoms. The molecule has 1 aliphatic heterocycles. The number of hydrogen-bond donors (Lipinski definition) is 0. The van der Waals surface area contributed by atoms with Crippen LogP contribution in [0.4, 0.5) is 0 Å². The monoisotopic (exact) mass is 360 g/mol. The number of hydrogen-bond acceptors (Lipinski definition) is 2. The van der Waals surface area contributed by atoms with E-state index in [1.165, 1.54) is 5.56 Å². The molecule has 1 amide bonds. The van der Waals surface area contributed by atoms with Gasteiger partial charge in [0.05, 0.1) is 5.54 Å². The van der Waals surface area contributed by atoms with E-state index in [1.807, 2.05) is 39.0 Å². The first kappa shape index (κ1) is 19.1. The van der Waals surface area contributed by atoms with Crippen LogP contribution in [0.15, 0.2) is 65.7 Å². The molecule has 0 saturated heterocycles. The van der Waals surface area contributed by atoms with Gasteiger partial charge in [0.25, 0.3) is 5.91 Å². The lowest BCUT2D eigenvalue weighted by atomic mass is 9.99. The molecule has 0 saturated carbocycles. The van der Waals surface area contributed by atoms with Crippen LogP contribution in [0.3, 0.4) is 0 Å². The number of carbonyl (C=O) groups is 1. The molecule has 0 aromatic heterocycles. The molecule has 3 nitrogen and oxygen atoms in total. The highest BCUT2D eigenvalue weighted by Crippen LogP contribution is 2.32. The van der Waals surface area contributed by atoms with Gasteiger partial charge in [-0.05, 0) is 58.2 Å². The molecule has 0 radical (unpaired) electrons. The van der Waals surface area contributed by atoms with Crippen LogP contribution in [0, 0.1) is 0 Å². The quantitative estimate of drug-likeness (QED) is 0.688. The minimum absolute atomic E-state index is 0.00682. The first-order valence-electron chi connectivity index (χ1n) is 9.38. The van der Waals surface area contributed by atoms with Crippen molar-refractivity contribution < 1.29 is 4.79 Å². The summed E-state index contributed by atoms with van der Waals surface area (Å²) in [5, 5.41) is 0. The Balaban J connectivity index is 2.03. The van der Waals surface area contributed by atoms with Crippen LogP contribution < -0.4 is 0 Å². The summed E-state index contributed by atoms with van der Waals surface area (Å²) in [6, 6.07) is 18.6. The fraction of sp³-hybridized carbons (Fsp3) is 0.333. The van der Waals surface area contributed by atoms with E-state index < -0.39 is 0 Å². The maximum Gasteiger partial charge on any atom is 0.253 e. The van der Waals surface area contributed by atoms with Crippen molar-refractivity contribution in [2.45, 2.75) is 52.6 Å². The van der Waals surface area contributed by atoms with Crippen molar-refractivity contribution in [3.05, 3.63) is 66.2 Å². The maximum atomic E-state index is 12.8. The number of rotatable bonds is 2. The zero-order valence-electron chi connectivity index (χ0n) is 17.1. The summed E-state index contributed by atoms with van der Waals surface area (Å²) in [6.07, 6.45) is 1.72. The van der Waals surface area contributed by atoms with Crippen LogP contribution in [0.25, 0.3) is 16.7 Å². The Labute approximate surface area is 162 Å². The normalized spacial score (nSPS) is 16.8. The summed E-state index contributed by atoms with van der Waals surface area (Å²) < 4.78 is 0. The third-order valence-corrected chi connectivity index (χ3v) is 4.36. The van der Waals surface area contributed by atoms with Gasteiger partial charge in [0.15, 0.2) is 0 Å². The van der Waals surface area contributed by atoms with E-state index in [4.69, 9.17) is 4.99 Å². The van der Waals surface area contributed by atoms with E-state index >= 15 is 0 Å². The first-order valence-corrected chi connectivity index (χ1v) is 9.38. The molecule has 1 heterocycles. The van der Waals surface area contributed by atoms with Crippen molar-refractivity contribution in [2.75, 3.05) is 0 Å². The van der Waals surface area contributed by atoms with Gasteiger partial charge in [0.1, 0.15) is 5.84 Å². The third kappa shape index (κ3) is 4.19. The molecular formula is C24H28N2O. The predicted molar refractivity (Wildman–Crippen MR) is 114 cm³/mol. The lowest BCUT2D eigenvalue weighted by Crippen LogP contribution is -2.46. The van der Waals surface area contributed by atoms with Gasteiger partial charge in [-0.2, -0.15) is 0 Å². The fourth-order valence-corrected chi connectivity index (χ4v) is 3.24. The summed E-state index contributed by atoms with van der Waals surface area (Å²) in [6.45, 7) is 12.3. The van der Waals surface area contributed by atoms with Crippen molar-refractivity contribution >= 4 is 17.3 Å². The Bertz CT molecular complexity index is 892. The van der Waals surface area contributed by atoms with E-state index in [0.717, 1.165) is 22.5 Å². The highest BCUT2D eigenvalue weighted by molar-refractivity contribution is 6.36. The van der Waals surface area contributed by atoms with Gasteiger partial charge in [-0.1, -0.05) is 54.6 Å². The average Bonchev–Trinajstić information content (AvgIpc) is 2.90. The van der Waals surface area contributed by atoms with Crippen molar-refractivity contribution in [1.29, 1.82) is 0 Å². The number of carbonyl (C=O) groups excluding carboxylic acids is 1. The third-order valence-electron chi connectivity index (χ3n) is 4.36. The maximum absolute atomic E-state index is 12.8. The minimum Gasteiger partial charge on any atom is -0.288 e. The minimum atomic E-state index is -0.330. The standard InChI is InChI=1S/C24H28N2O/c1-23(2,3)25-22-20(16-21(27)26(22)24(4,5)6)19-14-12-18(13-15-19)17-10-8-7-9-11-17/h7-16H,1-6H3. The first-order chi connectivity index (χ1) is 12.6. The second-order valence-electron chi connectivity index (χ2n) is 8.95. The topological polar surface area (TPSA) is 32.7 Å². The summed E-state index contributed by atoms with van der Waals surface area (Å²) in [5.41, 5.74) is 3.64. The average molecular weight is 361 g/mol. The number of amides is 1. The van der Waals surface area contributed by atoms with E-state index in [9.17, 15) is 4.79 Å². The second-order valence-corrected chi connectivity index (χ2v) is 8.95. The summed E-state index contributed by atoms with van der Waals surface area (Å²) in [7, 11) is 0. The molecule has 140 valence electrons. The smallest absolute Gasteiger partial charge is 0.253 e. The highest BCUT2D eigenvalue weighted by atomic mass is 16.2. The van der Waals surface area contributed by atoms with Crippen molar-refractivity contribution in [1.82, 2.24) is 4.90 Å². The zero-order chi connectivity index (χ0) is 19.8. The number of amidine groups is 1. The van der Waals surface area contributed by atoms with E-state index in [0.29, 0.717) is 0 Å². The van der Waals surface area contributed by atoms with Crippen LogP contribution in [0.5, 0.6) is 0 Å². The second kappa shape index (κ2) is 6.80. The molecule has 27 heavy (non-hydrogen) atoms. The van der Waals surface area contributed by atoms with Gasteiger partial charge in [-0.3, -0.25) is 14.7 Å². The molecule has 2 aromatic rings. The predicted octanol–water partition coefficient (Wildman–Crippen LogP) is 5.57. The number of nitrogens with zero attached hydrogens (tertiary/aromatic N) is 2. The van der Waals surface area contributed by atoms with Gasteiger partial charge in [-0.25, -0.2) is 0 Å². The molecule has 3 rings (SSSR count). The lowest BCUT2D eigenvalue weighted by molar-refractivity contribution is -0.124. The van der Waals surface area contributed by atoms with Gasteiger partial charge in [0.2, 0.25) is 0 Å². The fourth-order valence-electron chi connectivity index (χ4n) is 3.24. The van der Waals surface area contributed by atoms with Gasteiger partial charge in [0, 0.05) is 17.2 Å². The number of aliphatic imine (C=N–C) groups is 1. The molecule has 0 aliphatic carbocycles. The molecular weight excluding hydrogens is 332 g/mol. The highest BCUT2D eigenvalue weighted by Gasteiger charge is 2.38. The van der Waals surface area contributed by atoms with Crippen LogP contribution in [-0.2, 0) is 4.79 Å². The summed E-state index contributed by atoms with van der Waals surface area (Å²) in [4.78, 5) is 19.5. The van der Waals surface area contributed by atoms with E-state index in [-0.39, 0.29) is 17.0 Å². The lowest BCUT2D eigenvalue weighted by Gasteiger charge is -2.34. The van der Waals surface area contributed by atoms with Crippen LogP contribution in [0.2, 0.25) is 0 Å². The van der Waals surface area contributed by atoms with E-state index in [1.54, 1.807) is 11.0 Å². The molecule has 0 unspecified atom stereocenters. The van der Waals surface area contributed by atoms with E-state index in [2.05, 4.69) is 57.2 Å². The SMILES string of the molecule is CC(C)(C)N=C1C(c2ccc(-c3ccccc3)cc2)=CC(=O)N1C(C)(C)C. The molecule has 1 aliphatic rings. The molecule has 0 fully saturated rings. The Morgan fingerprint density at radius 3 is 1.78 bits per heavy atom. The Morgan fingerprint density at radius 2 is 1.26 bits per heavy atom. The Kier molecular flexibility index (Phi) is 4.81. The Morgan fingerprint density at radius 1 is 0.741 bits per heavy atom. The summed E-state index contributed by atoms with van der Waals surface area (Å²) >= 11 is 0. The van der Waals surface area contributed by atoms with Crippen LogP contribution in [0.1, 0.15) is 47.1 Å². The van der Waals surface area contributed by atoms with Gasteiger partial charge in [-0.15, -0.1) is 0 Å². The molecule has 2 aromatic carbocycles. The number of benzene rings is 2. The van der Waals surface area contributed by atoms with Crippen LogP contribution in [-0.4, -0.2) is 27.7 Å². The summed E-state index contributed by atoms with van der Waals surface area (Å²) in [5.74, 6) is 0.750. The van der Waals surface area contributed by atoms with Crippen molar-refractivity contribution in [3.63, 3.8) is 0 Å². The molecule has 0 spiro atoms. The van der Waals surface area contributed by atoms with Crippen molar-refractivity contribution in [2.24, 2.45) is 4.99 Å².